The van der Waals surface area contributed by atoms with Crippen molar-refractivity contribution in [3.05, 3.63) is 34.5 Å². The standard InChI is InChI=1S/C10H15N3S.HI/c1-8(2)5-12-10(11)13-6-9-3-4-14-7-9;/h3-4,7H,1,5-6H2,2H3,(H3,11,12,13);1H. The van der Waals surface area contributed by atoms with E-state index in [-0.39, 0.29) is 24.0 Å². The predicted octanol–water partition coefficient (Wildman–Crippen LogP) is 2.35. The van der Waals surface area contributed by atoms with E-state index in [1.54, 1.807) is 11.3 Å². The molecule has 0 spiro atoms. The van der Waals surface area contributed by atoms with Gasteiger partial charge in [-0.3, -0.25) is 0 Å². The molecule has 3 nitrogen and oxygen atoms in total. The van der Waals surface area contributed by atoms with Crippen LogP contribution in [0.1, 0.15) is 12.5 Å². The molecule has 5 heteroatoms. The highest BCUT2D eigenvalue weighted by Gasteiger charge is 1.93. The van der Waals surface area contributed by atoms with Crippen molar-refractivity contribution in [2.24, 2.45) is 10.7 Å². The van der Waals surface area contributed by atoms with E-state index in [0.717, 1.165) is 5.57 Å². The lowest BCUT2D eigenvalue weighted by molar-refractivity contribution is 0.942. The minimum absolute atomic E-state index is 0. The lowest BCUT2D eigenvalue weighted by Gasteiger charge is -2.03. The third-order valence-electron chi connectivity index (χ3n) is 1.58. The Morgan fingerprint density at radius 1 is 1.67 bits per heavy atom. The van der Waals surface area contributed by atoms with Gasteiger partial charge >= 0.3 is 0 Å². The first kappa shape index (κ1) is 14.4. The minimum atomic E-state index is 0. The second kappa shape index (κ2) is 7.70. The summed E-state index contributed by atoms with van der Waals surface area (Å²) in [5.41, 5.74) is 7.87. The minimum Gasteiger partial charge on any atom is -0.370 e. The summed E-state index contributed by atoms with van der Waals surface area (Å²) in [6.45, 7) is 7.03. The molecule has 0 saturated carbocycles. The molecular formula is C10H16IN3S. The summed E-state index contributed by atoms with van der Waals surface area (Å²) in [5.74, 6) is 0.471. The molecule has 3 N–H and O–H groups in total. The molecule has 0 bridgehead atoms. The van der Waals surface area contributed by atoms with Crippen molar-refractivity contribution < 1.29 is 0 Å². The van der Waals surface area contributed by atoms with E-state index in [0.29, 0.717) is 19.0 Å². The zero-order chi connectivity index (χ0) is 10.4. The van der Waals surface area contributed by atoms with Crippen LogP contribution in [0.4, 0.5) is 0 Å². The van der Waals surface area contributed by atoms with Crippen LogP contribution in [0.25, 0.3) is 0 Å². The van der Waals surface area contributed by atoms with Gasteiger partial charge in [-0.25, -0.2) is 4.99 Å². The third-order valence-corrected chi connectivity index (χ3v) is 2.32. The van der Waals surface area contributed by atoms with Gasteiger partial charge in [0.25, 0.3) is 0 Å². The van der Waals surface area contributed by atoms with Crippen molar-refractivity contribution in [3.63, 3.8) is 0 Å². The number of guanidine groups is 1. The van der Waals surface area contributed by atoms with Crippen LogP contribution in [0.3, 0.4) is 0 Å². The second-order valence-corrected chi connectivity index (χ2v) is 3.92. The Labute approximate surface area is 112 Å². The molecule has 0 atom stereocenters. The van der Waals surface area contributed by atoms with E-state index in [9.17, 15) is 0 Å². The number of aliphatic imine (C=N–C) groups is 1. The van der Waals surface area contributed by atoms with Gasteiger partial charge in [0.2, 0.25) is 0 Å². The lowest BCUT2D eigenvalue weighted by atomic mass is 10.3. The fourth-order valence-corrected chi connectivity index (χ4v) is 1.52. The summed E-state index contributed by atoms with van der Waals surface area (Å²) in [5, 5.41) is 7.07. The molecule has 0 aliphatic heterocycles. The molecule has 0 saturated heterocycles. The maximum Gasteiger partial charge on any atom is 0.189 e. The molecule has 0 radical (unpaired) electrons. The van der Waals surface area contributed by atoms with Crippen molar-refractivity contribution >= 4 is 41.3 Å². The van der Waals surface area contributed by atoms with Crippen molar-refractivity contribution in [2.45, 2.75) is 13.5 Å². The molecule has 0 aromatic carbocycles. The van der Waals surface area contributed by atoms with Gasteiger partial charge in [-0.2, -0.15) is 11.3 Å². The number of nitrogens with two attached hydrogens (primary N) is 1. The maximum absolute atomic E-state index is 5.64. The van der Waals surface area contributed by atoms with Gasteiger partial charge in [0.05, 0.1) is 6.54 Å². The highest BCUT2D eigenvalue weighted by Crippen LogP contribution is 2.06. The van der Waals surface area contributed by atoms with Gasteiger partial charge in [0, 0.05) is 6.54 Å². The highest BCUT2D eigenvalue weighted by atomic mass is 127. The number of hydrogen-bond acceptors (Lipinski definition) is 2. The number of thiophene rings is 1. The van der Waals surface area contributed by atoms with Crippen LogP contribution in [0, 0.1) is 0 Å². The molecule has 1 heterocycles. The monoisotopic (exact) mass is 337 g/mol. The maximum atomic E-state index is 5.64. The average Bonchev–Trinajstić information content (AvgIpc) is 2.63. The van der Waals surface area contributed by atoms with E-state index in [4.69, 9.17) is 5.73 Å². The number of rotatable bonds is 4. The summed E-state index contributed by atoms with van der Waals surface area (Å²) in [4.78, 5) is 4.19. The first-order valence-corrected chi connectivity index (χ1v) is 5.32. The van der Waals surface area contributed by atoms with Crippen LogP contribution in [0.15, 0.2) is 34.0 Å². The molecule has 0 fully saturated rings. The van der Waals surface area contributed by atoms with Gasteiger partial charge < -0.3 is 11.1 Å². The molecule has 1 aromatic rings. The zero-order valence-electron chi connectivity index (χ0n) is 8.69. The van der Waals surface area contributed by atoms with Crippen molar-refractivity contribution in [1.82, 2.24) is 5.32 Å². The van der Waals surface area contributed by atoms with Crippen molar-refractivity contribution in [1.29, 1.82) is 0 Å². The Bertz CT molecular complexity index is 319. The SMILES string of the molecule is C=C(C)CNC(N)=NCc1ccsc1.I. The molecule has 0 aliphatic carbocycles. The Morgan fingerprint density at radius 3 is 2.93 bits per heavy atom. The second-order valence-electron chi connectivity index (χ2n) is 3.14. The summed E-state index contributed by atoms with van der Waals surface area (Å²) in [7, 11) is 0. The molecule has 1 rings (SSSR count). The van der Waals surface area contributed by atoms with Crippen LogP contribution >= 0.6 is 35.3 Å². The molecule has 1 aromatic heterocycles. The van der Waals surface area contributed by atoms with Gasteiger partial charge in [-0.05, 0) is 29.3 Å². The van der Waals surface area contributed by atoms with Crippen molar-refractivity contribution in [2.75, 3.05) is 6.54 Å². The number of hydrogen-bond donors (Lipinski definition) is 2. The Hall–Kier alpha value is -0.560. The summed E-state index contributed by atoms with van der Waals surface area (Å²) < 4.78 is 0. The van der Waals surface area contributed by atoms with Crippen LogP contribution in [-0.4, -0.2) is 12.5 Å². The number of nitrogens with one attached hydrogen (secondary N) is 1. The van der Waals surface area contributed by atoms with Crippen LogP contribution in [-0.2, 0) is 6.54 Å². The number of nitrogens with zero attached hydrogens (tertiary/aromatic N) is 1. The van der Waals surface area contributed by atoms with Crippen LogP contribution < -0.4 is 11.1 Å². The number of halogens is 1. The van der Waals surface area contributed by atoms with Crippen molar-refractivity contribution in [3.8, 4) is 0 Å². The molecule has 0 unspecified atom stereocenters. The van der Waals surface area contributed by atoms with Gasteiger partial charge in [-0.15, -0.1) is 24.0 Å². The quantitative estimate of drug-likeness (QED) is 0.384. The average molecular weight is 337 g/mol. The summed E-state index contributed by atoms with van der Waals surface area (Å²) in [6, 6.07) is 2.04. The molecular weight excluding hydrogens is 321 g/mol. The summed E-state index contributed by atoms with van der Waals surface area (Å²) in [6.07, 6.45) is 0. The van der Waals surface area contributed by atoms with Crippen LogP contribution in [0.5, 0.6) is 0 Å². The Kier molecular flexibility index (Phi) is 7.41. The first-order valence-electron chi connectivity index (χ1n) is 4.37. The lowest BCUT2D eigenvalue weighted by Crippen LogP contribution is -2.32. The van der Waals surface area contributed by atoms with E-state index >= 15 is 0 Å². The zero-order valence-corrected chi connectivity index (χ0v) is 11.8. The Balaban J connectivity index is 0.00000196. The third kappa shape index (κ3) is 6.51. The van der Waals surface area contributed by atoms with Crippen LogP contribution in [0.2, 0.25) is 0 Å². The van der Waals surface area contributed by atoms with Gasteiger partial charge in [-0.1, -0.05) is 12.2 Å². The largest absolute Gasteiger partial charge is 0.370 e. The van der Waals surface area contributed by atoms with E-state index in [2.05, 4.69) is 22.3 Å². The van der Waals surface area contributed by atoms with Gasteiger partial charge in [0.15, 0.2) is 5.96 Å². The normalized spacial score (nSPS) is 10.6. The smallest absolute Gasteiger partial charge is 0.189 e. The first-order chi connectivity index (χ1) is 6.68. The Morgan fingerprint density at radius 2 is 2.40 bits per heavy atom. The topological polar surface area (TPSA) is 50.4 Å². The fraction of sp³-hybridized carbons (Fsp3) is 0.300. The van der Waals surface area contributed by atoms with Gasteiger partial charge in [0.1, 0.15) is 0 Å². The molecule has 0 amide bonds. The van der Waals surface area contributed by atoms with E-state index in [1.165, 1.54) is 5.56 Å². The molecule has 0 aliphatic rings. The highest BCUT2D eigenvalue weighted by molar-refractivity contribution is 14.0. The predicted molar refractivity (Wildman–Crippen MR) is 77.9 cm³/mol. The van der Waals surface area contributed by atoms with E-state index < -0.39 is 0 Å². The van der Waals surface area contributed by atoms with E-state index in [1.807, 2.05) is 18.4 Å². The molecule has 84 valence electrons. The summed E-state index contributed by atoms with van der Waals surface area (Å²) >= 11 is 1.66. The molecule has 15 heavy (non-hydrogen) atoms. The fourth-order valence-electron chi connectivity index (χ4n) is 0.856.